The summed E-state index contributed by atoms with van der Waals surface area (Å²) in [6, 6.07) is 12.3. The molecule has 0 saturated heterocycles. The third kappa shape index (κ3) is 4.93. The number of imidazole rings is 1. The molecular weight excluding hydrogens is 614 g/mol. The van der Waals surface area contributed by atoms with Crippen LogP contribution in [-0.2, 0) is 24.3 Å². The molecule has 2 saturated carbocycles. The van der Waals surface area contributed by atoms with Gasteiger partial charge in [0.15, 0.2) is 17.4 Å². The van der Waals surface area contributed by atoms with E-state index in [4.69, 9.17) is 4.98 Å². The van der Waals surface area contributed by atoms with Crippen LogP contribution >= 0.6 is 15.9 Å². The monoisotopic (exact) mass is 649 g/mol. The van der Waals surface area contributed by atoms with Gasteiger partial charge in [0.1, 0.15) is 5.82 Å². The average molecular weight is 651 g/mol. The lowest BCUT2D eigenvalue weighted by Gasteiger charge is -2.40. The van der Waals surface area contributed by atoms with Crippen molar-refractivity contribution >= 4 is 55.5 Å². The van der Waals surface area contributed by atoms with Crippen LogP contribution in [0.4, 0.5) is 0 Å². The normalized spacial score (nSPS) is 16.7. The van der Waals surface area contributed by atoms with Crippen LogP contribution in [0.1, 0.15) is 91.5 Å². The van der Waals surface area contributed by atoms with E-state index in [0.717, 1.165) is 68.8 Å². The lowest BCUT2D eigenvalue weighted by molar-refractivity contribution is -0.112. The van der Waals surface area contributed by atoms with Crippen molar-refractivity contribution in [3.8, 4) is 11.5 Å². The van der Waals surface area contributed by atoms with E-state index >= 15 is 0 Å². The molecule has 0 amide bonds. The summed E-state index contributed by atoms with van der Waals surface area (Å²) >= 11 is 3.47. The smallest absolute Gasteiger partial charge is 0.176 e. The summed E-state index contributed by atoms with van der Waals surface area (Å²) in [4.78, 5) is 39.9. The van der Waals surface area contributed by atoms with Crippen LogP contribution in [0.15, 0.2) is 59.3 Å². The van der Waals surface area contributed by atoms with E-state index in [9.17, 15) is 9.59 Å². The van der Waals surface area contributed by atoms with Crippen molar-refractivity contribution in [3.63, 3.8) is 0 Å². The fraction of sp³-hybridized carbons (Fsp3) is 0.361. The van der Waals surface area contributed by atoms with Gasteiger partial charge in [-0.2, -0.15) is 0 Å². The van der Waals surface area contributed by atoms with Crippen molar-refractivity contribution in [3.05, 3.63) is 81.9 Å². The summed E-state index contributed by atoms with van der Waals surface area (Å²) < 4.78 is 5.18. The zero-order valence-electron chi connectivity index (χ0n) is 25.4. The Morgan fingerprint density at radius 1 is 0.977 bits per heavy atom. The van der Waals surface area contributed by atoms with Gasteiger partial charge in [-0.3, -0.25) is 9.59 Å². The lowest BCUT2D eigenvalue weighted by Crippen LogP contribution is -2.39. The summed E-state index contributed by atoms with van der Waals surface area (Å²) in [5, 5.41) is 1.20. The first-order valence-corrected chi connectivity index (χ1v) is 16.3. The second kappa shape index (κ2) is 11.2. The van der Waals surface area contributed by atoms with Gasteiger partial charge >= 0.3 is 0 Å². The van der Waals surface area contributed by atoms with Crippen LogP contribution in [0.5, 0.6) is 0 Å². The van der Waals surface area contributed by atoms with E-state index in [1.54, 1.807) is 25.4 Å². The molecule has 2 aliphatic carbocycles. The van der Waals surface area contributed by atoms with Crippen molar-refractivity contribution in [1.82, 2.24) is 24.1 Å². The number of aromatic nitrogens is 5. The highest BCUT2D eigenvalue weighted by molar-refractivity contribution is 9.10. The number of nitrogens with zero attached hydrogens (tertiary/aromatic N) is 5. The molecule has 3 aromatic heterocycles. The van der Waals surface area contributed by atoms with Gasteiger partial charge < -0.3 is 9.13 Å². The summed E-state index contributed by atoms with van der Waals surface area (Å²) in [5.74, 6) is 2.32. The summed E-state index contributed by atoms with van der Waals surface area (Å²) in [6.07, 6.45) is 15.2. The zero-order valence-corrected chi connectivity index (χ0v) is 27.0. The van der Waals surface area contributed by atoms with Gasteiger partial charge in [-0.05, 0) is 89.9 Å². The van der Waals surface area contributed by atoms with Crippen LogP contribution in [-0.4, -0.2) is 35.7 Å². The van der Waals surface area contributed by atoms with Crippen molar-refractivity contribution in [1.29, 1.82) is 0 Å². The average Bonchev–Trinajstić information content (AvgIpc) is 3.71. The predicted molar refractivity (Wildman–Crippen MR) is 178 cm³/mol. The Morgan fingerprint density at radius 3 is 2.41 bits per heavy atom. The first-order valence-electron chi connectivity index (χ1n) is 15.5. The minimum Gasteiger partial charge on any atom is -0.341 e. The molecule has 7 rings (SSSR count). The van der Waals surface area contributed by atoms with Gasteiger partial charge in [0.05, 0.1) is 21.2 Å². The van der Waals surface area contributed by atoms with Gasteiger partial charge in [0, 0.05) is 54.8 Å². The van der Waals surface area contributed by atoms with Gasteiger partial charge in [-0.15, -0.1) is 0 Å². The van der Waals surface area contributed by atoms with Crippen molar-refractivity contribution in [2.24, 2.45) is 14.1 Å². The maximum absolute atomic E-state index is 14.0. The molecule has 0 aliphatic heterocycles. The van der Waals surface area contributed by atoms with Crippen molar-refractivity contribution < 1.29 is 9.59 Å². The Hall–Kier alpha value is -3.91. The van der Waals surface area contributed by atoms with Gasteiger partial charge in [-0.1, -0.05) is 43.5 Å². The molecular formula is C36H36BrN5O2. The first kappa shape index (κ1) is 28.8. The van der Waals surface area contributed by atoms with E-state index in [1.807, 2.05) is 31.3 Å². The minimum absolute atomic E-state index is 0.0175. The Morgan fingerprint density at radius 2 is 1.73 bits per heavy atom. The number of hydrogen-bond acceptors (Lipinski definition) is 5. The summed E-state index contributed by atoms with van der Waals surface area (Å²) in [5.41, 5.74) is 6.75. The number of carbonyl (C=O) groups is 2. The molecule has 0 spiro atoms. The van der Waals surface area contributed by atoms with Crippen LogP contribution in [0.25, 0.3) is 39.5 Å². The highest BCUT2D eigenvalue weighted by Crippen LogP contribution is 2.48. The summed E-state index contributed by atoms with van der Waals surface area (Å²) in [7, 11) is 4.11. The van der Waals surface area contributed by atoms with Crippen LogP contribution < -0.4 is 0 Å². The maximum Gasteiger partial charge on any atom is 0.176 e. The van der Waals surface area contributed by atoms with Gasteiger partial charge in [0.25, 0.3) is 0 Å². The molecule has 8 heteroatoms. The predicted octanol–water partition coefficient (Wildman–Crippen LogP) is 8.24. The number of carbonyl (C=O) groups excluding carboxylic acids is 2. The summed E-state index contributed by atoms with van der Waals surface area (Å²) in [6.45, 7) is 1.55. The molecule has 7 nitrogen and oxygen atoms in total. The highest BCUT2D eigenvalue weighted by Gasteiger charge is 2.44. The topological polar surface area (TPSA) is 82.7 Å². The molecule has 2 aliphatic rings. The molecule has 0 atom stereocenters. The lowest BCUT2D eigenvalue weighted by atomic mass is 9.64. The number of halogens is 1. The number of rotatable bonds is 8. The Balaban J connectivity index is 1.24. The van der Waals surface area contributed by atoms with Crippen LogP contribution in [0.3, 0.4) is 0 Å². The molecule has 0 radical (unpaired) electrons. The molecule has 5 aromatic rings. The molecule has 0 N–H and O–H groups in total. The quantitative estimate of drug-likeness (QED) is 0.125. The van der Waals surface area contributed by atoms with E-state index in [2.05, 4.69) is 60.3 Å². The fourth-order valence-electron chi connectivity index (χ4n) is 7.46. The second-order valence-electron chi connectivity index (χ2n) is 12.7. The highest BCUT2D eigenvalue weighted by atomic mass is 79.9. The third-order valence-electron chi connectivity index (χ3n) is 9.86. The van der Waals surface area contributed by atoms with E-state index in [0.29, 0.717) is 12.3 Å². The maximum atomic E-state index is 14.0. The number of allylic oxidation sites excluding steroid dienone is 1. The minimum atomic E-state index is -0.283. The molecule has 2 aromatic carbocycles. The van der Waals surface area contributed by atoms with Crippen LogP contribution in [0.2, 0.25) is 0 Å². The number of Topliss-reactive ketones (excluding diaryl/α,β-unsaturated/α-hetero) is 1. The van der Waals surface area contributed by atoms with Gasteiger partial charge in [-0.25, -0.2) is 15.0 Å². The number of ketones is 2. The Kier molecular flexibility index (Phi) is 7.35. The standard InChI is InChI=1S/C36H36BrN5O2/c1-22(43)9-10-23-11-14-28-30(17-23)42(3)35(40-28)36(15-6-16-36)19-31(44)25-12-13-27-29(18-25)41(2)33(32(27)24-7-4-5-8-24)34-38-20-26(37)21-39-34/h9-14,17-18,20-21,24H,4-8,15-16,19H2,1-3H3/b10-9+. The van der Waals surface area contributed by atoms with Crippen molar-refractivity contribution in [2.45, 2.75) is 69.6 Å². The molecule has 0 bridgehead atoms. The molecule has 44 heavy (non-hydrogen) atoms. The van der Waals surface area contributed by atoms with Crippen LogP contribution in [0, 0.1) is 0 Å². The van der Waals surface area contributed by atoms with E-state index in [-0.39, 0.29) is 17.0 Å². The van der Waals surface area contributed by atoms with E-state index in [1.165, 1.54) is 36.6 Å². The number of fused-ring (bicyclic) bond motifs is 2. The second-order valence-corrected chi connectivity index (χ2v) is 13.6. The number of hydrogen-bond donors (Lipinski definition) is 0. The van der Waals surface area contributed by atoms with Crippen molar-refractivity contribution in [2.75, 3.05) is 0 Å². The number of benzene rings is 2. The Bertz CT molecular complexity index is 1960. The van der Waals surface area contributed by atoms with E-state index < -0.39 is 0 Å². The SMILES string of the molecule is CC(=O)/C=C/c1ccc2nc(C3(CC(=O)c4ccc5c(C6CCCC6)c(-c6ncc(Br)cn6)n(C)c5c4)CCC3)n(C)c2c1. The third-order valence-corrected chi connectivity index (χ3v) is 10.3. The zero-order chi connectivity index (χ0) is 30.6. The molecule has 2 fully saturated rings. The fourth-order valence-corrected chi connectivity index (χ4v) is 7.67. The Labute approximate surface area is 265 Å². The molecule has 224 valence electrons. The largest absolute Gasteiger partial charge is 0.341 e. The number of aryl methyl sites for hydroxylation is 2. The molecule has 0 unspecified atom stereocenters. The first-order chi connectivity index (χ1) is 21.2. The van der Waals surface area contributed by atoms with Gasteiger partial charge in [0.2, 0.25) is 0 Å². The molecule has 3 heterocycles.